The van der Waals surface area contributed by atoms with Gasteiger partial charge in [-0.1, -0.05) is 13.0 Å². The first-order valence-corrected chi connectivity index (χ1v) is 4.85. The molecule has 1 atom stereocenters. The van der Waals surface area contributed by atoms with Crippen LogP contribution in [0, 0.1) is 5.92 Å². The molecule has 2 rings (SSSR count). The highest BCUT2D eigenvalue weighted by Crippen LogP contribution is 2.32. The molecule has 0 spiro atoms. The average Bonchev–Trinajstić information content (AvgIpc) is 2.65. The van der Waals surface area contributed by atoms with Gasteiger partial charge in [0.05, 0.1) is 0 Å². The number of hydrogen-bond acceptors (Lipinski definition) is 4. The maximum atomic E-state index is 8.39. The van der Waals surface area contributed by atoms with E-state index in [1.807, 2.05) is 25.1 Å². The molecule has 4 heteroatoms. The summed E-state index contributed by atoms with van der Waals surface area (Å²) in [5.74, 6) is 1.79. The lowest BCUT2D eigenvalue weighted by atomic mass is 10.0. The molecule has 0 saturated carbocycles. The number of fused-ring (bicyclic) bond motifs is 1. The highest BCUT2D eigenvalue weighted by molar-refractivity contribution is 5.60. The van der Waals surface area contributed by atoms with Crippen molar-refractivity contribution in [1.29, 1.82) is 0 Å². The van der Waals surface area contributed by atoms with Gasteiger partial charge in [0.25, 0.3) is 0 Å². The number of oxime groups is 1. The van der Waals surface area contributed by atoms with Crippen molar-refractivity contribution in [3.05, 3.63) is 23.8 Å². The predicted molar refractivity (Wildman–Crippen MR) is 55.7 cm³/mol. The van der Waals surface area contributed by atoms with Gasteiger partial charge >= 0.3 is 0 Å². The molecule has 0 amide bonds. The van der Waals surface area contributed by atoms with Crippen molar-refractivity contribution in [2.75, 3.05) is 6.79 Å². The monoisotopic (exact) mass is 207 g/mol. The van der Waals surface area contributed by atoms with Crippen LogP contribution in [0.4, 0.5) is 0 Å². The summed E-state index contributed by atoms with van der Waals surface area (Å²) in [6, 6.07) is 5.86. The Bertz CT molecular complexity index is 376. The maximum absolute atomic E-state index is 8.39. The number of ether oxygens (including phenoxy) is 2. The van der Waals surface area contributed by atoms with E-state index >= 15 is 0 Å². The molecule has 0 aromatic heterocycles. The topological polar surface area (TPSA) is 51.1 Å². The molecule has 1 unspecified atom stereocenters. The van der Waals surface area contributed by atoms with Gasteiger partial charge in [-0.05, 0) is 30.0 Å². The summed E-state index contributed by atoms with van der Waals surface area (Å²) in [4.78, 5) is 0. The fraction of sp³-hybridized carbons (Fsp3) is 0.364. The molecule has 1 aliphatic heterocycles. The third kappa shape index (κ3) is 2.21. The molecule has 15 heavy (non-hydrogen) atoms. The van der Waals surface area contributed by atoms with Crippen LogP contribution in [0.2, 0.25) is 0 Å². The van der Waals surface area contributed by atoms with Gasteiger partial charge in [-0.25, -0.2) is 0 Å². The summed E-state index contributed by atoms with van der Waals surface area (Å²) in [5, 5.41) is 11.4. The average molecular weight is 207 g/mol. The number of rotatable bonds is 3. The van der Waals surface area contributed by atoms with Crippen molar-refractivity contribution in [2.24, 2.45) is 11.1 Å². The Morgan fingerprint density at radius 2 is 2.27 bits per heavy atom. The number of benzene rings is 1. The third-order valence-corrected chi connectivity index (χ3v) is 2.32. The van der Waals surface area contributed by atoms with E-state index in [0.29, 0.717) is 6.79 Å². The maximum Gasteiger partial charge on any atom is 0.231 e. The van der Waals surface area contributed by atoms with Crippen LogP contribution in [0.5, 0.6) is 11.5 Å². The summed E-state index contributed by atoms with van der Waals surface area (Å²) in [5.41, 5.74) is 1.15. The van der Waals surface area contributed by atoms with Crippen molar-refractivity contribution < 1.29 is 14.7 Å². The second-order valence-electron chi connectivity index (χ2n) is 3.63. The van der Waals surface area contributed by atoms with E-state index in [2.05, 4.69) is 5.16 Å². The Morgan fingerprint density at radius 1 is 1.47 bits per heavy atom. The van der Waals surface area contributed by atoms with E-state index in [0.717, 1.165) is 23.5 Å². The molecular weight excluding hydrogens is 194 g/mol. The molecule has 1 aromatic carbocycles. The Hall–Kier alpha value is -1.71. The summed E-state index contributed by atoms with van der Waals surface area (Å²) < 4.78 is 10.5. The van der Waals surface area contributed by atoms with Crippen molar-refractivity contribution in [1.82, 2.24) is 0 Å². The lowest BCUT2D eigenvalue weighted by molar-refractivity contribution is 0.174. The minimum Gasteiger partial charge on any atom is -0.454 e. The van der Waals surface area contributed by atoms with E-state index in [4.69, 9.17) is 14.7 Å². The number of hydrogen-bond donors (Lipinski definition) is 1. The summed E-state index contributed by atoms with van der Waals surface area (Å²) in [6.45, 7) is 2.29. The molecule has 0 radical (unpaired) electrons. The minimum absolute atomic E-state index is 0.204. The normalized spacial score (nSPS) is 15.8. The van der Waals surface area contributed by atoms with Crippen molar-refractivity contribution in [3.63, 3.8) is 0 Å². The molecule has 0 saturated heterocycles. The molecule has 1 aromatic rings. The second-order valence-corrected chi connectivity index (χ2v) is 3.63. The highest BCUT2D eigenvalue weighted by atomic mass is 16.7. The zero-order valence-electron chi connectivity index (χ0n) is 8.51. The molecule has 0 aliphatic carbocycles. The van der Waals surface area contributed by atoms with Gasteiger partial charge in [-0.15, -0.1) is 5.16 Å². The van der Waals surface area contributed by atoms with Crippen LogP contribution in [0.25, 0.3) is 0 Å². The molecule has 1 aliphatic rings. The van der Waals surface area contributed by atoms with Gasteiger partial charge in [0.15, 0.2) is 11.5 Å². The van der Waals surface area contributed by atoms with Crippen LogP contribution in [0.3, 0.4) is 0 Å². The smallest absolute Gasteiger partial charge is 0.231 e. The lowest BCUT2D eigenvalue weighted by Gasteiger charge is -2.05. The highest BCUT2D eigenvalue weighted by Gasteiger charge is 2.13. The standard InChI is InChI=1S/C11H13NO3/c1-8(6-12-13)4-9-2-3-10-11(5-9)15-7-14-10/h2-3,5-6,8,13H,4,7H2,1H3/b12-6-. The predicted octanol–water partition coefficient (Wildman–Crippen LogP) is 2.05. The van der Waals surface area contributed by atoms with E-state index in [1.165, 1.54) is 6.21 Å². The number of nitrogens with zero attached hydrogens (tertiary/aromatic N) is 1. The quantitative estimate of drug-likeness (QED) is 0.469. The first kappa shape index (κ1) is 9.83. The summed E-state index contributed by atoms with van der Waals surface area (Å²) in [7, 11) is 0. The van der Waals surface area contributed by atoms with Crippen molar-refractivity contribution in [3.8, 4) is 11.5 Å². The Labute approximate surface area is 88.1 Å². The van der Waals surface area contributed by atoms with Crippen molar-refractivity contribution in [2.45, 2.75) is 13.3 Å². The second kappa shape index (κ2) is 4.21. The largest absolute Gasteiger partial charge is 0.454 e. The molecule has 0 bridgehead atoms. The first-order chi connectivity index (χ1) is 7.29. The Balaban J connectivity index is 2.10. The molecular formula is C11H13NO3. The van der Waals surface area contributed by atoms with Crippen LogP contribution >= 0.6 is 0 Å². The zero-order valence-corrected chi connectivity index (χ0v) is 8.51. The van der Waals surface area contributed by atoms with E-state index in [1.54, 1.807) is 0 Å². The van der Waals surface area contributed by atoms with Gasteiger partial charge in [0.2, 0.25) is 6.79 Å². The Morgan fingerprint density at radius 3 is 3.07 bits per heavy atom. The van der Waals surface area contributed by atoms with E-state index in [-0.39, 0.29) is 5.92 Å². The van der Waals surface area contributed by atoms with E-state index < -0.39 is 0 Å². The van der Waals surface area contributed by atoms with Gasteiger partial charge in [-0.2, -0.15) is 0 Å². The van der Waals surface area contributed by atoms with Gasteiger partial charge < -0.3 is 14.7 Å². The molecule has 80 valence electrons. The van der Waals surface area contributed by atoms with Gasteiger partial charge in [-0.3, -0.25) is 0 Å². The van der Waals surface area contributed by atoms with Gasteiger partial charge in [0, 0.05) is 6.21 Å². The van der Waals surface area contributed by atoms with Crippen LogP contribution in [-0.2, 0) is 6.42 Å². The van der Waals surface area contributed by atoms with Crippen LogP contribution < -0.4 is 9.47 Å². The molecule has 1 heterocycles. The van der Waals surface area contributed by atoms with E-state index in [9.17, 15) is 0 Å². The Kier molecular flexibility index (Phi) is 2.76. The summed E-state index contributed by atoms with van der Waals surface area (Å²) in [6.07, 6.45) is 2.34. The van der Waals surface area contributed by atoms with Crippen LogP contribution in [0.15, 0.2) is 23.4 Å². The fourth-order valence-corrected chi connectivity index (χ4v) is 1.61. The van der Waals surface area contributed by atoms with Crippen molar-refractivity contribution >= 4 is 6.21 Å². The molecule has 1 N–H and O–H groups in total. The lowest BCUT2D eigenvalue weighted by Crippen LogP contribution is -2.00. The zero-order chi connectivity index (χ0) is 10.7. The van der Waals surface area contributed by atoms with Gasteiger partial charge in [0.1, 0.15) is 0 Å². The first-order valence-electron chi connectivity index (χ1n) is 4.85. The minimum atomic E-state index is 0.204. The van der Waals surface area contributed by atoms with Crippen LogP contribution in [-0.4, -0.2) is 18.2 Å². The van der Waals surface area contributed by atoms with Crippen LogP contribution in [0.1, 0.15) is 12.5 Å². The molecule has 4 nitrogen and oxygen atoms in total. The molecule has 0 fully saturated rings. The SMILES string of the molecule is CC(/C=N\O)Cc1ccc2c(c1)OCO2. The third-order valence-electron chi connectivity index (χ3n) is 2.32. The summed E-state index contributed by atoms with van der Waals surface area (Å²) >= 11 is 0. The fourth-order valence-electron chi connectivity index (χ4n) is 1.61.